The molecule has 1 heterocycles. The molecule has 0 amide bonds. The second kappa shape index (κ2) is 7.41. The van der Waals surface area contributed by atoms with Crippen LogP contribution >= 0.6 is 34.5 Å². The fourth-order valence-electron chi connectivity index (χ4n) is 1.36. The van der Waals surface area contributed by atoms with Crippen molar-refractivity contribution in [1.82, 2.24) is 4.72 Å². The highest BCUT2D eigenvalue weighted by Crippen LogP contribution is 2.34. The van der Waals surface area contributed by atoms with Crippen LogP contribution in [0.4, 0.5) is 0 Å². The Morgan fingerprint density at radius 1 is 1.48 bits per heavy atom. The fraction of sp³-hybridized carbons (Fsp3) is 0.400. The van der Waals surface area contributed by atoms with Crippen molar-refractivity contribution in [2.75, 3.05) is 7.11 Å². The number of carboxylic acids is 1. The van der Waals surface area contributed by atoms with Crippen LogP contribution in [-0.4, -0.2) is 38.6 Å². The number of sulfonamides is 1. The Labute approximate surface area is 134 Å². The summed E-state index contributed by atoms with van der Waals surface area (Å²) in [5.74, 6) is -2.06. The van der Waals surface area contributed by atoms with Crippen molar-refractivity contribution in [3.8, 4) is 0 Å². The molecule has 11 heteroatoms. The van der Waals surface area contributed by atoms with Crippen molar-refractivity contribution in [2.45, 2.75) is 23.8 Å². The number of hydrogen-bond donors (Lipinski definition) is 2. The molecule has 7 nitrogen and oxygen atoms in total. The summed E-state index contributed by atoms with van der Waals surface area (Å²) in [6.45, 7) is 0. The van der Waals surface area contributed by atoms with Crippen molar-refractivity contribution < 1.29 is 27.9 Å². The first-order chi connectivity index (χ1) is 9.67. The van der Waals surface area contributed by atoms with E-state index in [1.54, 1.807) is 0 Å². The minimum atomic E-state index is -4.16. The zero-order valence-corrected chi connectivity index (χ0v) is 13.8. The largest absolute Gasteiger partial charge is 0.480 e. The average Bonchev–Trinajstić information content (AvgIpc) is 2.73. The van der Waals surface area contributed by atoms with Crippen LogP contribution < -0.4 is 4.72 Å². The molecule has 1 rings (SSSR count). The number of halogens is 2. The van der Waals surface area contributed by atoms with E-state index in [1.165, 1.54) is 0 Å². The van der Waals surface area contributed by atoms with Crippen molar-refractivity contribution in [3.63, 3.8) is 0 Å². The Bertz CT molecular complexity index is 642. The highest BCUT2D eigenvalue weighted by atomic mass is 35.5. The number of thiophene rings is 1. The summed E-state index contributed by atoms with van der Waals surface area (Å²) in [7, 11) is -3.01. The first-order valence-corrected chi connectivity index (χ1v) is 8.49. The van der Waals surface area contributed by atoms with Gasteiger partial charge in [-0.05, 0) is 12.5 Å². The van der Waals surface area contributed by atoms with Gasteiger partial charge in [0.2, 0.25) is 10.0 Å². The zero-order valence-electron chi connectivity index (χ0n) is 10.6. The van der Waals surface area contributed by atoms with Crippen LogP contribution in [0.15, 0.2) is 11.0 Å². The Morgan fingerprint density at radius 2 is 2.10 bits per heavy atom. The molecule has 118 valence electrons. The summed E-state index contributed by atoms with van der Waals surface area (Å²) < 4.78 is 30.6. The first kappa shape index (κ1) is 18.2. The Morgan fingerprint density at radius 3 is 2.52 bits per heavy atom. The molecule has 0 fully saturated rings. The first-order valence-electron chi connectivity index (χ1n) is 5.44. The Hall–Kier alpha value is -0.870. The third-order valence-electron chi connectivity index (χ3n) is 2.38. The van der Waals surface area contributed by atoms with Crippen LogP contribution in [0.2, 0.25) is 8.67 Å². The summed E-state index contributed by atoms with van der Waals surface area (Å²) in [6, 6.07) is -0.361. The second-order valence-corrected chi connectivity index (χ2v) is 7.78. The summed E-state index contributed by atoms with van der Waals surface area (Å²) in [5.41, 5.74) is 0. The van der Waals surface area contributed by atoms with Gasteiger partial charge in [-0.25, -0.2) is 8.42 Å². The zero-order chi connectivity index (χ0) is 16.2. The molecule has 0 aliphatic carbocycles. The summed E-state index contributed by atoms with van der Waals surface area (Å²) in [6.07, 6.45) is -0.495. The van der Waals surface area contributed by atoms with Crippen LogP contribution in [0.3, 0.4) is 0 Å². The lowest BCUT2D eigenvalue weighted by atomic mass is 10.2. The average molecular weight is 376 g/mol. The summed E-state index contributed by atoms with van der Waals surface area (Å²) in [4.78, 5) is 21.8. The van der Waals surface area contributed by atoms with E-state index in [9.17, 15) is 18.0 Å². The topological polar surface area (TPSA) is 110 Å². The molecule has 0 unspecified atom stereocenters. The number of ether oxygens (including phenoxy) is 1. The van der Waals surface area contributed by atoms with E-state index in [-0.39, 0.29) is 26.4 Å². The van der Waals surface area contributed by atoms with E-state index < -0.39 is 28.0 Å². The summed E-state index contributed by atoms with van der Waals surface area (Å²) >= 11 is 12.2. The normalized spacial score (nSPS) is 12.9. The standard InChI is InChI=1S/C10H11Cl2NO6S2/c1-19-8(14)3-2-5(10(15)16)13-21(17,18)6-4-7(11)20-9(6)12/h4-5,13H,2-3H2,1H3,(H,15,16)/t5-/m1/s1. The molecule has 2 N–H and O–H groups in total. The SMILES string of the molecule is COC(=O)CC[C@@H](NS(=O)(=O)c1cc(Cl)sc1Cl)C(=O)O. The monoisotopic (exact) mass is 375 g/mol. The predicted octanol–water partition coefficient (Wildman–Crippen LogP) is 1.74. The van der Waals surface area contributed by atoms with Gasteiger partial charge in [-0.1, -0.05) is 23.2 Å². The van der Waals surface area contributed by atoms with Crippen LogP contribution in [0, 0.1) is 0 Å². The Balaban J connectivity index is 2.90. The molecular formula is C10H11Cl2NO6S2. The number of hydrogen-bond acceptors (Lipinski definition) is 6. The Kier molecular flexibility index (Phi) is 6.41. The number of carbonyl (C=O) groups excluding carboxylic acids is 1. The van der Waals surface area contributed by atoms with Gasteiger partial charge < -0.3 is 9.84 Å². The number of nitrogens with one attached hydrogen (secondary N) is 1. The highest BCUT2D eigenvalue weighted by molar-refractivity contribution is 7.89. The number of methoxy groups -OCH3 is 1. The molecule has 21 heavy (non-hydrogen) atoms. The lowest BCUT2D eigenvalue weighted by Crippen LogP contribution is -2.41. The van der Waals surface area contributed by atoms with Gasteiger partial charge in [0.05, 0.1) is 11.4 Å². The van der Waals surface area contributed by atoms with Crippen LogP contribution in [0.1, 0.15) is 12.8 Å². The lowest BCUT2D eigenvalue weighted by molar-refractivity contribution is -0.142. The molecule has 0 aliphatic rings. The number of esters is 1. The van der Waals surface area contributed by atoms with Gasteiger partial charge in [-0.3, -0.25) is 9.59 Å². The third-order valence-corrected chi connectivity index (χ3v) is 5.60. The third kappa shape index (κ3) is 5.11. The fourth-order valence-corrected chi connectivity index (χ4v) is 4.73. The molecule has 0 radical (unpaired) electrons. The van der Waals surface area contributed by atoms with Gasteiger partial charge in [0.1, 0.15) is 15.3 Å². The molecule has 0 bridgehead atoms. The van der Waals surface area contributed by atoms with E-state index in [1.807, 2.05) is 4.72 Å². The van der Waals surface area contributed by atoms with Gasteiger partial charge in [0, 0.05) is 6.42 Å². The van der Waals surface area contributed by atoms with Crippen molar-refractivity contribution in [2.24, 2.45) is 0 Å². The highest BCUT2D eigenvalue weighted by Gasteiger charge is 2.28. The van der Waals surface area contributed by atoms with Crippen LogP contribution in [-0.2, 0) is 24.3 Å². The molecule has 1 atom stereocenters. The molecule has 1 aromatic heterocycles. The van der Waals surface area contributed by atoms with Crippen molar-refractivity contribution >= 4 is 56.5 Å². The minimum Gasteiger partial charge on any atom is -0.480 e. The number of aliphatic carboxylic acids is 1. The maximum absolute atomic E-state index is 12.1. The number of rotatable bonds is 7. The van der Waals surface area contributed by atoms with Gasteiger partial charge in [0.15, 0.2) is 0 Å². The van der Waals surface area contributed by atoms with Gasteiger partial charge in [-0.15, -0.1) is 11.3 Å². The van der Waals surface area contributed by atoms with E-state index in [0.29, 0.717) is 0 Å². The van der Waals surface area contributed by atoms with Crippen LogP contribution in [0.5, 0.6) is 0 Å². The van der Waals surface area contributed by atoms with E-state index in [2.05, 4.69) is 4.74 Å². The maximum atomic E-state index is 12.1. The van der Waals surface area contributed by atoms with Crippen molar-refractivity contribution in [1.29, 1.82) is 0 Å². The molecule has 0 saturated heterocycles. The van der Waals surface area contributed by atoms with E-state index in [0.717, 1.165) is 24.5 Å². The van der Waals surface area contributed by atoms with Gasteiger partial charge in [-0.2, -0.15) is 4.72 Å². The molecule has 0 aliphatic heterocycles. The summed E-state index contributed by atoms with van der Waals surface area (Å²) in [5, 5.41) is 9.01. The molecule has 0 saturated carbocycles. The van der Waals surface area contributed by atoms with E-state index >= 15 is 0 Å². The van der Waals surface area contributed by atoms with E-state index in [4.69, 9.17) is 28.3 Å². The van der Waals surface area contributed by atoms with Crippen LogP contribution in [0.25, 0.3) is 0 Å². The molecular weight excluding hydrogens is 365 g/mol. The second-order valence-electron chi connectivity index (χ2n) is 3.82. The smallest absolute Gasteiger partial charge is 0.321 e. The number of carbonyl (C=O) groups is 2. The van der Waals surface area contributed by atoms with Gasteiger partial charge >= 0.3 is 11.9 Å². The lowest BCUT2D eigenvalue weighted by Gasteiger charge is -2.13. The van der Waals surface area contributed by atoms with Crippen molar-refractivity contribution in [3.05, 3.63) is 14.7 Å². The predicted molar refractivity (Wildman–Crippen MR) is 77.3 cm³/mol. The maximum Gasteiger partial charge on any atom is 0.321 e. The molecule has 1 aromatic rings. The van der Waals surface area contributed by atoms with Gasteiger partial charge in [0.25, 0.3) is 0 Å². The molecule has 0 spiro atoms. The quantitative estimate of drug-likeness (QED) is 0.702. The number of carboxylic acid groups (broad SMARTS) is 1. The minimum absolute atomic E-state index is 0.0791. The molecule has 0 aromatic carbocycles.